The van der Waals surface area contributed by atoms with Crippen molar-refractivity contribution in [3.8, 4) is 0 Å². The highest BCUT2D eigenvalue weighted by molar-refractivity contribution is 6.19. The van der Waals surface area contributed by atoms with Crippen LogP contribution < -0.4 is 4.57 Å². The van der Waals surface area contributed by atoms with Crippen LogP contribution >= 0.6 is 0 Å². The van der Waals surface area contributed by atoms with E-state index in [4.69, 9.17) is 5.11 Å². The summed E-state index contributed by atoms with van der Waals surface area (Å²) in [6.45, 7) is 5.71. The van der Waals surface area contributed by atoms with E-state index in [1.54, 1.807) is 24.7 Å². The molecule has 0 aliphatic carbocycles. The average Bonchev–Trinajstić information content (AvgIpc) is 2.98. The second-order valence-electron chi connectivity index (χ2n) is 6.51. The first-order valence-electron chi connectivity index (χ1n) is 7.73. The minimum absolute atomic E-state index is 0.147. The number of urea groups is 1. The Kier molecular flexibility index (Phi) is 3.66. The van der Waals surface area contributed by atoms with Crippen molar-refractivity contribution in [2.24, 2.45) is 10.9 Å². The number of likely N-dealkylation sites (N-methyl/N-ethyl adjacent to an activating group) is 1. The summed E-state index contributed by atoms with van der Waals surface area (Å²) in [6, 6.07) is -1.13. The lowest BCUT2D eigenvalue weighted by Gasteiger charge is -2.33. The second-order valence-corrected chi connectivity index (χ2v) is 6.51. The van der Waals surface area contributed by atoms with Crippen molar-refractivity contribution < 1.29 is 24.1 Å². The van der Waals surface area contributed by atoms with E-state index in [2.05, 4.69) is 4.99 Å². The lowest BCUT2D eigenvalue weighted by atomic mass is 10.1. The first kappa shape index (κ1) is 16.2. The van der Waals surface area contributed by atoms with Crippen molar-refractivity contribution in [2.75, 3.05) is 13.6 Å². The van der Waals surface area contributed by atoms with E-state index in [0.29, 0.717) is 24.0 Å². The smallest absolute Gasteiger partial charge is 0.402 e. The number of imide groups is 1. The van der Waals surface area contributed by atoms with Gasteiger partial charge in [-0.05, 0) is 12.8 Å². The first-order chi connectivity index (χ1) is 11.2. The molecule has 24 heavy (non-hydrogen) atoms. The van der Waals surface area contributed by atoms with Gasteiger partial charge in [0.2, 0.25) is 11.9 Å². The maximum atomic E-state index is 12.9. The number of carbonyl (C=O) groups is 3. The van der Waals surface area contributed by atoms with Gasteiger partial charge in [0, 0.05) is 13.6 Å². The van der Waals surface area contributed by atoms with Gasteiger partial charge in [-0.3, -0.25) is 14.6 Å². The Morgan fingerprint density at radius 3 is 2.67 bits per heavy atom. The number of rotatable bonds is 4. The molecule has 2 aliphatic rings. The fourth-order valence-corrected chi connectivity index (χ4v) is 3.09. The van der Waals surface area contributed by atoms with Gasteiger partial charge >= 0.3 is 17.9 Å². The van der Waals surface area contributed by atoms with Gasteiger partial charge in [0.25, 0.3) is 5.91 Å². The number of nitrogens with zero attached hydrogens (tertiary/aromatic N) is 5. The number of hydrogen-bond acceptors (Lipinski definition) is 4. The molecule has 2 aliphatic heterocycles. The number of aliphatic imine (C=N–C) groups is 1. The SMILES string of the molecule is Cc1c[n+]2c(n1CC(=O)O)N=C1C2C(=O)N(CC(C)C)C(=O)N1C. The third kappa shape index (κ3) is 2.27. The zero-order chi connectivity index (χ0) is 17.8. The van der Waals surface area contributed by atoms with Crippen LogP contribution in [-0.4, -0.2) is 56.8 Å². The number of carboxylic acids is 1. The molecule has 0 aromatic carbocycles. The summed E-state index contributed by atoms with van der Waals surface area (Å²) in [5.41, 5.74) is 0.693. The highest BCUT2D eigenvalue weighted by Gasteiger charge is 2.53. The molecule has 1 aromatic heterocycles. The first-order valence-corrected chi connectivity index (χ1v) is 7.73. The zero-order valence-corrected chi connectivity index (χ0v) is 14.1. The van der Waals surface area contributed by atoms with Crippen LogP contribution in [0.5, 0.6) is 0 Å². The molecule has 0 radical (unpaired) electrons. The molecule has 1 N–H and O–H groups in total. The number of carbonyl (C=O) groups excluding carboxylic acids is 2. The van der Waals surface area contributed by atoms with Crippen LogP contribution in [0.4, 0.5) is 10.7 Å². The van der Waals surface area contributed by atoms with Gasteiger partial charge < -0.3 is 5.11 Å². The van der Waals surface area contributed by atoms with Crippen LogP contribution in [0.25, 0.3) is 0 Å². The normalized spacial score (nSPS) is 19.7. The number of aryl methyl sites for hydroxylation is 1. The Balaban J connectivity index is 2.07. The minimum atomic E-state index is -0.996. The Morgan fingerprint density at radius 1 is 1.42 bits per heavy atom. The van der Waals surface area contributed by atoms with Crippen molar-refractivity contribution in [1.82, 2.24) is 14.4 Å². The standard InChI is InChI=1S/C15H19N5O4/c1-8(2)5-20-13(23)11-12(17(4)15(20)24)16-14-18(7-10(21)22)9(3)6-19(11)14/h6,8,11H,5,7H2,1-4H3/p+1. The number of aliphatic carboxylic acids is 1. The largest absolute Gasteiger partial charge is 0.479 e. The van der Waals surface area contributed by atoms with Gasteiger partial charge in [-0.25, -0.2) is 18.7 Å². The van der Waals surface area contributed by atoms with Crippen LogP contribution in [0.2, 0.25) is 0 Å². The van der Waals surface area contributed by atoms with Crippen LogP contribution in [-0.2, 0) is 16.1 Å². The predicted molar refractivity (Wildman–Crippen MR) is 82.8 cm³/mol. The van der Waals surface area contributed by atoms with Crippen LogP contribution in [0.15, 0.2) is 11.2 Å². The van der Waals surface area contributed by atoms with Crippen molar-refractivity contribution in [3.63, 3.8) is 0 Å². The van der Waals surface area contributed by atoms with E-state index < -0.39 is 18.0 Å². The lowest BCUT2D eigenvalue weighted by molar-refractivity contribution is -0.677. The Morgan fingerprint density at radius 2 is 2.08 bits per heavy atom. The van der Waals surface area contributed by atoms with Crippen molar-refractivity contribution in [2.45, 2.75) is 33.4 Å². The number of aromatic nitrogens is 2. The third-order valence-electron chi connectivity index (χ3n) is 4.16. The highest BCUT2D eigenvalue weighted by Crippen LogP contribution is 2.29. The Bertz CT molecular complexity index is 779. The van der Waals surface area contributed by atoms with Crippen LogP contribution in [0, 0.1) is 12.8 Å². The molecule has 3 amide bonds. The third-order valence-corrected chi connectivity index (χ3v) is 4.16. The molecule has 3 heterocycles. The number of carboxylic acid groups (broad SMARTS) is 1. The van der Waals surface area contributed by atoms with Gasteiger partial charge in [0.1, 0.15) is 11.9 Å². The number of hydrogen-bond donors (Lipinski definition) is 1. The molecule has 128 valence electrons. The molecule has 1 fully saturated rings. The summed E-state index contributed by atoms with van der Waals surface area (Å²) in [7, 11) is 1.58. The van der Waals surface area contributed by atoms with Crippen molar-refractivity contribution >= 4 is 29.7 Å². The molecule has 1 saturated heterocycles. The highest BCUT2D eigenvalue weighted by atomic mass is 16.4. The van der Waals surface area contributed by atoms with Gasteiger partial charge in [0.05, 0.1) is 0 Å². The van der Waals surface area contributed by atoms with E-state index in [1.807, 2.05) is 13.8 Å². The minimum Gasteiger partial charge on any atom is -0.479 e. The fourth-order valence-electron chi connectivity index (χ4n) is 3.09. The lowest BCUT2D eigenvalue weighted by Crippen LogP contribution is -2.63. The van der Waals surface area contributed by atoms with E-state index in [-0.39, 0.29) is 18.4 Å². The molecular formula is C15H20N5O4+. The maximum Gasteiger partial charge on any atom is 0.402 e. The van der Waals surface area contributed by atoms with E-state index >= 15 is 0 Å². The number of fused-ring (bicyclic) bond motifs is 3. The van der Waals surface area contributed by atoms with Crippen molar-refractivity contribution in [3.05, 3.63) is 11.9 Å². The quantitative estimate of drug-likeness (QED) is 0.801. The molecule has 0 bridgehead atoms. The molecule has 1 aromatic rings. The summed E-state index contributed by atoms with van der Waals surface area (Å²) in [6.07, 6.45) is 1.70. The molecule has 9 heteroatoms. The molecule has 1 unspecified atom stereocenters. The molecule has 3 rings (SSSR count). The topological polar surface area (TPSA) is 99.1 Å². The summed E-state index contributed by atoms with van der Waals surface area (Å²) >= 11 is 0. The predicted octanol–water partition coefficient (Wildman–Crippen LogP) is 0.303. The van der Waals surface area contributed by atoms with Crippen LogP contribution in [0.1, 0.15) is 25.6 Å². The number of imidazole rings is 1. The molecule has 0 spiro atoms. The van der Waals surface area contributed by atoms with Gasteiger partial charge in [-0.2, -0.15) is 0 Å². The zero-order valence-electron chi connectivity index (χ0n) is 14.1. The fraction of sp³-hybridized carbons (Fsp3) is 0.533. The monoisotopic (exact) mass is 334 g/mol. The summed E-state index contributed by atoms with van der Waals surface area (Å²) in [5.74, 6) is -0.478. The van der Waals surface area contributed by atoms with E-state index in [1.165, 1.54) is 14.4 Å². The Hall–Kier alpha value is -2.71. The van der Waals surface area contributed by atoms with Crippen molar-refractivity contribution in [1.29, 1.82) is 0 Å². The molecular weight excluding hydrogens is 314 g/mol. The Labute approximate surface area is 138 Å². The van der Waals surface area contributed by atoms with Gasteiger partial charge in [-0.1, -0.05) is 18.8 Å². The maximum absolute atomic E-state index is 12.9. The molecule has 0 saturated carbocycles. The average molecular weight is 334 g/mol. The number of amides is 3. The van der Waals surface area contributed by atoms with Gasteiger partial charge in [0.15, 0.2) is 6.54 Å². The van der Waals surface area contributed by atoms with E-state index in [0.717, 1.165) is 0 Å². The second kappa shape index (κ2) is 5.43. The molecule has 9 nitrogen and oxygen atoms in total. The summed E-state index contributed by atoms with van der Waals surface area (Å²) in [5, 5.41) is 9.07. The van der Waals surface area contributed by atoms with E-state index in [9.17, 15) is 14.4 Å². The van der Waals surface area contributed by atoms with Gasteiger partial charge in [-0.15, -0.1) is 0 Å². The van der Waals surface area contributed by atoms with Crippen LogP contribution in [0.3, 0.4) is 0 Å². The number of amidine groups is 1. The summed E-state index contributed by atoms with van der Waals surface area (Å²) in [4.78, 5) is 43.4. The molecule has 1 atom stereocenters. The summed E-state index contributed by atoms with van der Waals surface area (Å²) < 4.78 is 3.16.